The summed E-state index contributed by atoms with van der Waals surface area (Å²) in [6, 6.07) is 7.69. The van der Waals surface area contributed by atoms with Gasteiger partial charge in [0.15, 0.2) is 0 Å². The number of pyridine rings is 1. The summed E-state index contributed by atoms with van der Waals surface area (Å²) in [6.45, 7) is 5.63. The smallest absolute Gasteiger partial charge is 0.128 e. The van der Waals surface area contributed by atoms with Crippen molar-refractivity contribution in [2.24, 2.45) is 5.92 Å². The third kappa shape index (κ3) is 2.67. The third-order valence-electron chi connectivity index (χ3n) is 5.47. The van der Waals surface area contributed by atoms with Gasteiger partial charge in [0, 0.05) is 51.1 Å². The molecule has 0 aromatic carbocycles. The average molecular weight is 287 g/mol. The van der Waals surface area contributed by atoms with Crippen molar-refractivity contribution < 1.29 is 4.74 Å². The quantitative estimate of drug-likeness (QED) is 0.852. The number of hydrogen-bond donors (Lipinski definition) is 0. The summed E-state index contributed by atoms with van der Waals surface area (Å²) in [5.74, 6) is 2.01. The maximum absolute atomic E-state index is 5.49. The summed E-state index contributed by atoms with van der Waals surface area (Å²) in [5, 5.41) is 0. The van der Waals surface area contributed by atoms with E-state index in [0.29, 0.717) is 6.04 Å². The van der Waals surface area contributed by atoms with Gasteiger partial charge in [-0.1, -0.05) is 6.07 Å². The van der Waals surface area contributed by atoms with Crippen molar-refractivity contribution in [3.05, 3.63) is 24.4 Å². The number of fused-ring (bicyclic) bond motifs is 1. The van der Waals surface area contributed by atoms with Crippen LogP contribution in [0.2, 0.25) is 0 Å². The van der Waals surface area contributed by atoms with Gasteiger partial charge >= 0.3 is 0 Å². The summed E-state index contributed by atoms with van der Waals surface area (Å²) < 4.78 is 5.49. The van der Waals surface area contributed by atoms with E-state index in [1.54, 1.807) is 0 Å². The normalized spacial score (nSPS) is 30.8. The number of rotatable bonds is 3. The van der Waals surface area contributed by atoms with Crippen LogP contribution in [-0.2, 0) is 4.74 Å². The molecule has 0 radical (unpaired) electrons. The summed E-state index contributed by atoms with van der Waals surface area (Å²) in [6.07, 6.45) is 7.00. The van der Waals surface area contributed by atoms with Crippen molar-refractivity contribution in [1.29, 1.82) is 0 Å². The maximum Gasteiger partial charge on any atom is 0.128 e. The van der Waals surface area contributed by atoms with Crippen LogP contribution in [-0.4, -0.2) is 54.8 Å². The highest BCUT2D eigenvalue weighted by Gasteiger charge is 2.43. The number of aromatic nitrogens is 1. The Morgan fingerprint density at radius 2 is 1.90 bits per heavy atom. The topological polar surface area (TPSA) is 28.6 Å². The van der Waals surface area contributed by atoms with Gasteiger partial charge in [-0.25, -0.2) is 4.98 Å². The third-order valence-corrected chi connectivity index (χ3v) is 5.47. The molecule has 0 spiro atoms. The molecule has 2 atom stereocenters. The zero-order chi connectivity index (χ0) is 14.1. The van der Waals surface area contributed by atoms with E-state index in [-0.39, 0.29) is 0 Å². The van der Waals surface area contributed by atoms with E-state index in [9.17, 15) is 0 Å². The van der Waals surface area contributed by atoms with Crippen LogP contribution in [0.4, 0.5) is 5.82 Å². The van der Waals surface area contributed by atoms with Crippen LogP contribution >= 0.6 is 0 Å². The van der Waals surface area contributed by atoms with Gasteiger partial charge in [-0.05, 0) is 43.7 Å². The van der Waals surface area contributed by atoms with Crippen LogP contribution in [0.3, 0.4) is 0 Å². The van der Waals surface area contributed by atoms with Crippen LogP contribution < -0.4 is 4.90 Å². The molecule has 4 heterocycles. The largest absolute Gasteiger partial charge is 0.381 e. The van der Waals surface area contributed by atoms with Crippen LogP contribution in [0, 0.1) is 5.92 Å². The minimum absolute atomic E-state index is 0.680. The Hall–Kier alpha value is -1.13. The lowest BCUT2D eigenvalue weighted by Crippen LogP contribution is -2.39. The lowest BCUT2D eigenvalue weighted by molar-refractivity contribution is 0.0508. The molecule has 1 aromatic rings. The van der Waals surface area contributed by atoms with E-state index in [4.69, 9.17) is 4.74 Å². The molecule has 0 amide bonds. The van der Waals surface area contributed by atoms with Gasteiger partial charge in [-0.3, -0.25) is 4.90 Å². The Balaban J connectivity index is 1.41. The van der Waals surface area contributed by atoms with Gasteiger partial charge in [0.2, 0.25) is 0 Å². The molecule has 4 nitrogen and oxygen atoms in total. The van der Waals surface area contributed by atoms with Crippen molar-refractivity contribution in [1.82, 2.24) is 9.88 Å². The molecular formula is C17H25N3O. The molecular weight excluding hydrogens is 262 g/mol. The van der Waals surface area contributed by atoms with Crippen LogP contribution in [0.15, 0.2) is 24.4 Å². The second-order valence-corrected chi connectivity index (χ2v) is 6.64. The Kier molecular flexibility index (Phi) is 3.82. The lowest BCUT2D eigenvalue weighted by atomic mass is 9.99. The van der Waals surface area contributed by atoms with Gasteiger partial charge in [0.1, 0.15) is 5.82 Å². The highest BCUT2D eigenvalue weighted by Crippen LogP contribution is 2.35. The Morgan fingerprint density at radius 1 is 1.05 bits per heavy atom. The number of nitrogens with zero attached hydrogens (tertiary/aromatic N) is 3. The monoisotopic (exact) mass is 287 g/mol. The summed E-state index contributed by atoms with van der Waals surface area (Å²) in [4.78, 5) is 9.84. The summed E-state index contributed by atoms with van der Waals surface area (Å²) >= 11 is 0. The lowest BCUT2D eigenvalue weighted by Gasteiger charge is -2.30. The van der Waals surface area contributed by atoms with E-state index in [2.05, 4.69) is 26.9 Å². The molecule has 1 aromatic heterocycles. The fourth-order valence-electron chi connectivity index (χ4n) is 4.37. The second-order valence-electron chi connectivity index (χ2n) is 6.64. The van der Waals surface area contributed by atoms with Crippen molar-refractivity contribution in [2.45, 2.75) is 37.8 Å². The predicted octanol–water partition coefficient (Wildman–Crippen LogP) is 2.16. The van der Waals surface area contributed by atoms with Gasteiger partial charge in [0.25, 0.3) is 0 Å². The Bertz CT molecular complexity index is 460. The van der Waals surface area contributed by atoms with Crippen molar-refractivity contribution in [2.75, 3.05) is 37.7 Å². The second kappa shape index (κ2) is 5.93. The van der Waals surface area contributed by atoms with Gasteiger partial charge < -0.3 is 9.64 Å². The molecule has 0 aliphatic carbocycles. The maximum atomic E-state index is 5.49. The number of anilines is 1. The van der Waals surface area contributed by atoms with E-state index >= 15 is 0 Å². The van der Waals surface area contributed by atoms with Crippen molar-refractivity contribution in [3.8, 4) is 0 Å². The zero-order valence-electron chi connectivity index (χ0n) is 12.7. The van der Waals surface area contributed by atoms with E-state index in [1.165, 1.54) is 38.8 Å². The van der Waals surface area contributed by atoms with Crippen molar-refractivity contribution >= 4 is 5.82 Å². The first-order chi connectivity index (χ1) is 10.4. The number of likely N-dealkylation sites (tertiary alicyclic amines) is 1. The highest BCUT2D eigenvalue weighted by atomic mass is 16.5. The summed E-state index contributed by atoms with van der Waals surface area (Å²) in [5.41, 5.74) is 0. The van der Waals surface area contributed by atoms with Crippen LogP contribution in [0.1, 0.15) is 25.7 Å². The molecule has 0 N–H and O–H groups in total. The molecule has 0 saturated carbocycles. The fourth-order valence-corrected chi connectivity index (χ4v) is 4.37. The first-order valence-electron chi connectivity index (χ1n) is 8.41. The highest BCUT2D eigenvalue weighted by molar-refractivity contribution is 5.42. The van der Waals surface area contributed by atoms with Crippen LogP contribution in [0.25, 0.3) is 0 Å². The molecule has 3 aliphatic heterocycles. The Labute approximate surface area is 127 Å². The SMILES string of the molecule is c1ccc(N2CC[C@H]3[C@@H]2CCN3CC2CCOCC2)nc1. The van der Waals surface area contributed by atoms with Gasteiger partial charge in [-0.15, -0.1) is 0 Å². The fraction of sp³-hybridized carbons (Fsp3) is 0.706. The van der Waals surface area contributed by atoms with E-state index in [1.807, 2.05) is 12.3 Å². The molecule has 3 fully saturated rings. The standard InChI is InChI=1S/C17H25N3O/c1-2-8-18-17(3-1)20-10-5-15-16(20)4-9-19(15)13-14-6-11-21-12-7-14/h1-3,8,14-16H,4-7,9-13H2/t15-,16-/m0/s1. The Morgan fingerprint density at radius 3 is 2.71 bits per heavy atom. The molecule has 4 heteroatoms. The van der Waals surface area contributed by atoms with Gasteiger partial charge in [-0.2, -0.15) is 0 Å². The molecule has 3 aliphatic rings. The molecule has 21 heavy (non-hydrogen) atoms. The average Bonchev–Trinajstić information content (AvgIpc) is 3.12. The minimum Gasteiger partial charge on any atom is -0.381 e. The predicted molar refractivity (Wildman–Crippen MR) is 83.5 cm³/mol. The van der Waals surface area contributed by atoms with E-state index < -0.39 is 0 Å². The minimum atomic E-state index is 0.680. The van der Waals surface area contributed by atoms with Crippen LogP contribution in [0.5, 0.6) is 0 Å². The van der Waals surface area contributed by atoms with E-state index in [0.717, 1.165) is 37.5 Å². The summed E-state index contributed by atoms with van der Waals surface area (Å²) in [7, 11) is 0. The first-order valence-corrected chi connectivity index (χ1v) is 8.41. The molecule has 0 bridgehead atoms. The van der Waals surface area contributed by atoms with Gasteiger partial charge in [0.05, 0.1) is 0 Å². The molecule has 3 saturated heterocycles. The zero-order valence-corrected chi connectivity index (χ0v) is 12.7. The molecule has 4 rings (SSSR count). The first kappa shape index (κ1) is 13.5. The molecule has 0 unspecified atom stereocenters. The molecule has 114 valence electrons. The van der Waals surface area contributed by atoms with Crippen molar-refractivity contribution in [3.63, 3.8) is 0 Å². The number of hydrogen-bond acceptors (Lipinski definition) is 4. The number of ether oxygens (including phenoxy) is 1.